The Morgan fingerprint density at radius 3 is 2.64 bits per heavy atom. The number of amides is 1. The number of pyridine rings is 1. The van der Waals surface area contributed by atoms with E-state index >= 15 is 0 Å². The Hall–Kier alpha value is -3.81. The van der Waals surface area contributed by atoms with E-state index in [4.69, 9.17) is 0 Å². The number of carbonyl (C=O) groups excluding carboxylic acids is 1. The monoisotopic (exact) mass is 374 g/mol. The fourth-order valence-electron chi connectivity index (χ4n) is 2.95. The largest absolute Gasteiger partial charge is 0.345 e. The molecule has 8 heteroatoms. The Bertz CT molecular complexity index is 1200. The van der Waals surface area contributed by atoms with Crippen molar-refractivity contribution in [2.24, 2.45) is 0 Å². The molecule has 28 heavy (non-hydrogen) atoms. The molecule has 0 bridgehead atoms. The quantitative estimate of drug-likeness (QED) is 0.590. The number of carbonyl (C=O) groups is 1. The number of aryl methyl sites for hydroxylation is 1. The first-order valence-electron chi connectivity index (χ1n) is 8.77. The molecule has 1 atom stereocenters. The van der Waals surface area contributed by atoms with Crippen LogP contribution in [0.4, 0.5) is 0 Å². The van der Waals surface area contributed by atoms with Gasteiger partial charge in [0, 0.05) is 12.4 Å². The van der Waals surface area contributed by atoms with Crippen molar-refractivity contribution in [2.75, 3.05) is 0 Å². The van der Waals surface area contributed by atoms with Crippen LogP contribution in [0.1, 0.15) is 34.5 Å². The molecule has 0 aliphatic heterocycles. The van der Waals surface area contributed by atoms with Crippen molar-refractivity contribution < 1.29 is 4.79 Å². The summed E-state index contributed by atoms with van der Waals surface area (Å²) in [5, 5.41) is 6.94. The van der Waals surface area contributed by atoms with Gasteiger partial charge >= 0.3 is 0 Å². The molecular weight excluding hydrogens is 356 g/mol. The zero-order valence-electron chi connectivity index (χ0n) is 15.4. The maximum atomic E-state index is 12.7. The SMILES string of the molecule is Cc1ccc2ncc(C(=O)NC(C)c3ccc(-n4cncn4)cc3)c(=O)n2c1. The zero-order valence-corrected chi connectivity index (χ0v) is 15.4. The molecule has 0 radical (unpaired) electrons. The number of aromatic nitrogens is 5. The van der Waals surface area contributed by atoms with Crippen LogP contribution in [0.3, 0.4) is 0 Å². The maximum absolute atomic E-state index is 12.7. The lowest BCUT2D eigenvalue weighted by molar-refractivity contribution is 0.0938. The molecule has 0 saturated heterocycles. The highest BCUT2D eigenvalue weighted by atomic mass is 16.2. The second-order valence-corrected chi connectivity index (χ2v) is 6.54. The van der Waals surface area contributed by atoms with E-state index in [1.54, 1.807) is 23.3 Å². The molecule has 1 amide bonds. The number of rotatable bonds is 4. The van der Waals surface area contributed by atoms with Crippen LogP contribution in [-0.4, -0.2) is 30.1 Å². The molecule has 1 unspecified atom stereocenters. The van der Waals surface area contributed by atoms with Crippen LogP contribution in [-0.2, 0) is 0 Å². The average molecular weight is 374 g/mol. The lowest BCUT2D eigenvalue weighted by Gasteiger charge is -2.15. The first-order chi connectivity index (χ1) is 13.5. The highest BCUT2D eigenvalue weighted by Crippen LogP contribution is 2.15. The van der Waals surface area contributed by atoms with Crippen LogP contribution in [0.2, 0.25) is 0 Å². The van der Waals surface area contributed by atoms with Gasteiger partial charge in [-0.1, -0.05) is 18.2 Å². The number of fused-ring (bicyclic) bond motifs is 1. The summed E-state index contributed by atoms with van der Waals surface area (Å²) in [7, 11) is 0. The highest BCUT2D eigenvalue weighted by molar-refractivity contribution is 5.94. The molecule has 4 aromatic rings. The Labute approximate surface area is 160 Å². The second-order valence-electron chi connectivity index (χ2n) is 6.54. The summed E-state index contributed by atoms with van der Waals surface area (Å²) in [6.07, 6.45) is 6.08. The van der Waals surface area contributed by atoms with Crippen molar-refractivity contribution in [1.82, 2.24) is 29.5 Å². The molecule has 3 aromatic heterocycles. The Morgan fingerprint density at radius 2 is 1.93 bits per heavy atom. The van der Waals surface area contributed by atoms with E-state index in [9.17, 15) is 9.59 Å². The zero-order chi connectivity index (χ0) is 19.7. The van der Waals surface area contributed by atoms with Gasteiger partial charge in [-0.3, -0.25) is 14.0 Å². The van der Waals surface area contributed by atoms with E-state index in [-0.39, 0.29) is 17.2 Å². The maximum Gasteiger partial charge on any atom is 0.270 e. The summed E-state index contributed by atoms with van der Waals surface area (Å²) in [5.74, 6) is -0.457. The fourth-order valence-corrected chi connectivity index (χ4v) is 2.95. The predicted molar refractivity (Wildman–Crippen MR) is 103 cm³/mol. The Balaban J connectivity index is 1.55. The van der Waals surface area contributed by atoms with Gasteiger partial charge in [0.25, 0.3) is 11.5 Å². The summed E-state index contributed by atoms with van der Waals surface area (Å²) in [4.78, 5) is 33.4. The summed E-state index contributed by atoms with van der Waals surface area (Å²) in [5.41, 5.74) is 2.81. The van der Waals surface area contributed by atoms with E-state index in [2.05, 4.69) is 20.4 Å². The predicted octanol–water partition coefficient (Wildman–Crippen LogP) is 2.07. The molecule has 0 aliphatic carbocycles. The van der Waals surface area contributed by atoms with E-state index in [1.165, 1.54) is 16.9 Å². The van der Waals surface area contributed by atoms with E-state index in [1.807, 2.05) is 44.2 Å². The van der Waals surface area contributed by atoms with Crippen molar-refractivity contribution in [3.63, 3.8) is 0 Å². The second kappa shape index (κ2) is 7.07. The van der Waals surface area contributed by atoms with Gasteiger partial charge in [0.2, 0.25) is 0 Å². The molecule has 1 N–H and O–H groups in total. The lowest BCUT2D eigenvalue weighted by Crippen LogP contribution is -2.33. The molecule has 0 aliphatic rings. The molecule has 140 valence electrons. The van der Waals surface area contributed by atoms with Crippen molar-refractivity contribution in [3.8, 4) is 5.69 Å². The normalized spacial score (nSPS) is 12.1. The lowest BCUT2D eigenvalue weighted by atomic mass is 10.1. The number of hydrogen-bond acceptors (Lipinski definition) is 5. The minimum Gasteiger partial charge on any atom is -0.345 e. The van der Waals surface area contributed by atoms with E-state index < -0.39 is 5.91 Å². The Morgan fingerprint density at radius 1 is 1.14 bits per heavy atom. The van der Waals surface area contributed by atoms with Crippen molar-refractivity contribution in [1.29, 1.82) is 0 Å². The third kappa shape index (κ3) is 3.27. The minimum atomic E-state index is -0.457. The van der Waals surface area contributed by atoms with Gasteiger partial charge in [-0.15, -0.1) is 0 Å². The van der Waals surface area contributed by atoms with Gasteiger partial charge in [-0.2, -0.15) is 5.10 Å². The van der Waals surface area contributed by atoms with Gasteiger partial charge in [-0.25, -0.2) is 14.6 Å². The molecule has 1 aromatic carbocycles. The van der Waals surface area contributed by atoms with Crippen LogP contribution in [0.5, 0.6) is 0 Å². The van der Waals surface area contributed by atoms with Gasteiger partial charge in [0.1, 0.15) is 23.9 Å². The average Bonchev–Trinajstić information content (AvgIpc) is 3.23. The summed E-state index contributed by atoms with van der Waals surface area (Å²) >= 11 is 0. The van der Waals surface area contributed by atoms with Crippen LogP contribution in [0, 0.1) is 6.92 Å². The molecule has 8 nitrogen and oxygen atoms in total. The van der Waals surface area contributed by atoms with Crippen molar-refractivity contribution in [3.05, 3.63) is 88.5 Å². The van der Waals surface area contributed by atoms with E-state index in [0.29, 0.717) is 5.65 Å². The molecule has 0 spiro atoms. The third-order valence-electron chi connectivity index (χ3n) is 4.52. The topological polar surface area (TPSA) is 94.2 Å². The molecular formula is C20H18N6O2. The van der Waals surface area contributed by atoms with Crippen molar-refractivity contribution >= 4 is 11.6 Å². The smallest absolute Gasteiger partial charge is 0.270 e. The third-order valence-corrected chi connectivity index (χ3v) is 4.52. The Kier molecular flexibility index (Phi) is 4.44. The van der Waals surface area contributed by atoms with Gasteiger partial charge in [0.05, 0.1) is 11.7 Å². The highest BCUT2D eigenvalue weighted by Gasteiger charge is 2.16. The first-order valence-corrected chi connectivity index (χ1v) is 8.77. The van der Waals surface area contributed by atoms with Crippen molar-refractivity contribution in [2.45, 2.75) is 19.9 Å². The number of benzene rings is 1. The van der Waals surface area contributed by atoms with Crippen LogP contribution < -0.4 is 10.9 Å². The number of nitrogens with one attached hydrogen (secondary N) is 1. The summed E-state index contributed by atoms with van der Waals surface area (Å²) < 4.78 is 3.04. The van der Waals surface area contributed by atoms with Gasteiger partial charge in [0.15, 0.2) is 0 Å². The number of hydrogen-bond donors (Lipinski definition) is 1. The molecule has 3 heterocycles. The van der Waals surface area contributed by atoms with Crippen LogP contribution >= 0.6 is 0 Å². The fraction of sp³-hybridized carbons (Fsp3) is 0.150. The standard InChI is InChI=1S/C20H18N6O2/c1-13-3-8-18-22-9-17(20(28)25(18)10-13)19(27)24-14(2)15-4-6-16(7-5-15)26-12-21-11-23-26/h3-12,14H,1-2H3,(H,24,27). The molecule has 0 fully saturated rings. The first kappa shape index (κ1) is 17.6. The summed E-state index contributed by atoms with van der Waals surface area (Å²) in [6, 6.07) is 10.9. The van der Waals surface area contributed by atoms with Crippen LogP contribution in [0.25, 0.3) is 11.3 Å². The van der Waals surface area contributed by atoms with Gasteiger partial charge < -0.3 is 5.32 Å². The minimum absolute atomic E-state index is 0.00851. The summed E-state index contributed by atoms with van der Waals surface area (Å²) in [6.45, 7) is 3.74. The van der Waals surface area contributed by atoms with Crippen LogP contribution in [0.15, 0.2) is 66.2 Å². The number of nitrogens with zero attached hydrogens (tertiary/aromatic N) is 5. The molecule has 4 rings (SSSR count). The van der Waals surface area contributed by atoms with E-state index in [0.717, 1.165) is 16.8 Å². The molecule has 0 saturated carbocycles. The van der Waals surface area contributed by atoms with Gasteiger partial charge in [-0.05, 0) is 43.2 Å².